The van der Waals surface area contributed by atoms with Crippen LogP contribution in [0.5, 0.6) is 0 Å². The second-order valence-electron chi connectivity index (χ2n) is 3.19. The van der Waals surface area contributed by atoms with Crippen molar-refractivity contribution in [2.75, 3.05) is 23.9 Å². The quantitative estimate of drug-likeness (QED) is 0.718. The average Bonchev–Trinajstić information content (AvgIpc) is 2.18. The average molecular weight is 214 g/mol. The number of aryl methyl sites for hydroxylation is 2. The van der Waals surface area contributed by atoms with Gasteiger partial charge in [0.1, 0.15) is 5.82 Å². The van der Waals surface area contributed by atoms with Gasteiger partial charge in [0.05, 0.1) is 11.4 Å². The Kier molecular flexibility index (Phi) is 4.14. The molecule has 0 fully saturated rings. The fourth-order valence-corrected chi connectivity index (χ4v) is 1.54. The van der Waals surface area contributed by atoms with Gasteiger partial charge in [-0.05, 0) is 20.8 Å². The van der Waals surface area contributed by atoms with Crippen LogP contribution in [0.25, 0.3) is 0 Å². The molecule has 1 rings (SSSR count). The van der Waals surface area contributed by atoms with Gasteiger partial charge in [0.2, 0.25) is 0 Å². The van der Waals surface area contributed by atoms with Gasteiger partial charge in [-0.25, -0.2) is 4.98 Å². The molecule has 3 nitrogen and oxygen atoms in total. The summed E-state index contributed by atoms with van der Waals surface area (Å²) in [6, 6.07) is 0. The van der Waals surface area contributed by atoms with Crippen molar-refractivity contribution in [3.63, 3.8) is 0 Å². The van der Waals surface area contributed by atoms with Crippen molar-refractivity contribution < 1.29 is 0 Å². The number of aromatic nitrogens is 2. The molecule has 78 valence electrons. The Bertz CT molecular complexity index is 301. The van der Waals surface area contributed by atoms with E-state index in [-0.39, 0.29) is 0 Å². The first-order chi connectivity index (χ1) is 6.69. The fraction of sp³-hybridized carbons (Fsp3) is 0.600. The first-order valence-electron chi connectivity index (χ1n) is 4.80. The minimum Gasteiger partial charge on any atom is -0.354 e. The number of halogens is 1. The molecular weight excluding hydrogens is 198 g/mol. The highest BCUT2D eigenvalue weighted by Gasteiger charge is 2.09. The molecule has 4 heteroatoms. The molecule has 0 bridgehead atoms. The molecule has 0 radical (unpaired) electrons. The van der Waals surface area contributed by atoms with Crippen molar-refractivity contribution >= 4 is 17.4 Å². The lowest BCUT2D eigenvalue weighted by Crippen LogP contribution is -2.27. The van der Waals surface area contributed by atoms with Crippen molar-refractivity contribution in [1.29, 1.82) is 0 Å². The Morgan fingerprint density at radius 3 is 2.71 bits per heavy atom. The van der Waals surface area contributed by atoms with Crippen molar-refractivity contribution in [3.8, 4) is 0 Å². The molecule has 0 aliphatic carbocycles. The topological polar surface area (TPSA) is 29.0 Å². The van der Waals surface area contributed by atoms with Crippen molar-refractivity contribution in [2.45, 2.75) is 20.8 Å². The SMILES string of the molecule is CCN(CCCl)c1nc(C)cnc1C. The van der Waals surface area contributed by atoms with Gasteiger partial charge < -0.3 is 4.90 Å². The molecule has 0 saturated carbocycles. The number of hydrogen-bond acceptors (Lipinski definition) is 3. The van der Waals surface area contributed by atoms with E-state index in [0.717, 1.165) is 30.3 Å². The highest BCUT2D eigenvalue weighted by molar-refractivity contribution is 6.18. The maximum absolute atomic E-state index is 5.73. The van der Waals surface area contributed by atoms with Crippen LogP contribution in [0, 0.1) is 13.8 Å². The zero-order chi connectivity index (χ0) is 10.6. The summed E-state index contributed by atoms with van der Waals surface area (Å²) >= 11 is 5.73. The maximum atomic E-state index is 5.73. The lowest BCUT2D eigenvalue weighted by Gasteiger charge is -2.22. The van der Waals surface area contributed by atoms with Crippen LogP contribution >= 0.6 is 11.6 Å². The molecule has 1 aromatic rings. The molecule has 1 heterocycles. The highest BCUT2D eigenvalue weighted by Crippen LogP contribution is 2.14. The second-order valence-corrected chi connectivity index (χ2v) is 3.57. The Labute approximate surface area is 90.1 Å². The van der Waals surface area contributed by atoms with E-state index in [1.807, 2.05) is 13.8 Å². The third-order valence-electron chi connectivity index (χ3n) is 2.09. The molecule has 0 unspecified atom stereocenters. The van der Waals surface area contributed by atoms with Crippen LogP contribution < -0.4 is 4.90 Å². The van der Waals surface area contributed by atoms with Gasteiger partial charge in [0, 0.05) is 25.2 Å². The van der Waals surface area contributed by atoms with E-state index in [4.69, 9.17) is 11.6 Å². The van der Waals surface area contributed by atoms with Gasteiger partial charge in [-0.1, -0.05) is 0 Å². The first kappa shape index (κ1) is 11.2. The van der Waals surface area contributed by atoms with Crippen LogP contribution in [0.15, 0.2) is 6.20 Å². The fourth-order valence-electron chi connectivity index (χ4n) is 1.34. The number of rotatable bonds is 4. The van der Waals surface area contributed by atoms with Crippen LogP contribution in [0.4, 0.5) is 5.82 Å². The van der Waals surface area contributed by atoms with Crippen molar-refractivity contribution in [3.05, 3.63) is 17.6 Å². The molecule has 0 aliphatic heterocycles. The predicted molar refractivity (Wildman–Crippen MR) is 60.1 cm³/mol. The molecule has 0 atom stereocenters. The molecule has 0 spiro atoms. The van der Waals surface area contributed by atoms with Crippen molar-refractivity contribution in [2.24, 2.45) is 0 Å². The van der Waals surface area contributed by atoms with E-state index < -0.39 is 0 Å². The first-order valence-corrected chi connectivity index (χ1v) is 5.33. The summed E-state index contributed by atoms with van der Waals surface area (Å²) in [5.74, 6) is 1.57. The molecular formula is C10H16ClN3. The van der Waals surface area contributed by atoms with Gasteiger partial charge in [0.25, 0.3) is 0 Å². The summed E-state index contributed by atoms with van der Waals surface area (Å²) in [6.45, 7) is 7.74. The maximum Gasteiger partial charge on any atom is 0.150 e. The number of anilines is 1. The normalized spacial score (nSPS) is 10.3. The summed E-state index contributed by atoms with van der Waals surface area (Å²) in [7, 11) is 0. The van der Waals surface area contributed by atoms with Crippen LogP contribution in [-0.2, 0) is 0 Å². The Morgan fingerprint density at radius 2 is 2.14 bits per heavy atom. The Hall–Kier alpha value is -0.830. The van der Waals surface area contributed by atoms with Crippen LogP contribution in [-0.4, -0.2) is 28.9 Å². The summed E-state index contributed by atoms with van der Waals surface area (Å²) in [5, 5.41) is 0. The molecule has 0 N–H and O–H groups in total. The van der Waals surface area contributed by atoms with Crippen LogP contribution in [0.2, 0.25) is 0 Å². The Morgan fingerprint density at radius 1 is 1.43 bits per heavy atom. The van der Waals surface area contributed by atoms with E-state index in [2.05, 4.69) is 21.8 Å². The van der Waals surface area contributed by atoms with Gasteiger partial charge in [0.15, 0.2) is 0 Å². The van der Waals surface area contributed by atoms with Gasteiger partial charge in [-0.3, -0.25) is 4.98 Å². The lowest BCUT2D eigenvalue weighted by molar-refractivity contribution is 0.829. The predicted octanol–water partition coefficient (Wildman–Crippen LogP) is 2.16. The van der Waals surface area contributed by atoms with Crippen LogP contribution in [0.1, 0.15) is 18.3 Å². The summed E-state index contributed by atoms with van der Waals surface area (Å²) in [4.78, 5) is 10.9. The summed E-state index contributed by atoms with van der Waals surface area (Å²) < 4.78 is 0. The van der Waals surface area contributed by atoms with Gasteiger partial charge in [-0.2, -0.15) is 0 Å². The largest absolute Gasteiger partial charge is 0.354 e. The van der Waals surface area contributed by atoms with Gasteiger partial charge in [-0.15, -0.1) is 11.6 Å². The smallest absolute Gasteiger partial charge is 0.150 e. The molecule has 0 amide bonds. The van der Waals surface area contributed by atoms with Crippen LogP contribution in [0.3, 0.4) is 0 Å². The molecule has 0 aromatic carbocycles. The third kappa shape index (κ3) is 2.58. The zero-order valence-corrected chi connectivity index (χ0v) is 9.67. The Balaban J connectivity index is 2.96. The molecule has 1 aromatic heterocycles. The second kappa shape index (κ2) is 5.15. The van der Waals surface area contributed by atoms with E-state index >= 15 is 0 Å². The number of alkyl halides is 1. The molecule has 0 saturated heterocycles. The van der Waals surface area contributed by atoms with Crippen molar-refractivity contribution in [1.82, 2.24) is 9.97 Å². The number of nitrogens with zero attached hydrogens (tertiary/aromatic N) is 3. The standard InChI is InChI=1S/C10H16ClN3/c1-4-14(6-5-11)10-9(3)12-7-8(2)13-10/h7H,4-6H2,1-3H3. The number of hydrogen-bond donors (Lipinski definition) is 0. The minimum atomic E-state index is 0.614. The highest BCUT2D eigenvalue weighted by atomic mass is 35.5. The lowest BCUT2D eigenvalue weighted by atomic mass is 10.3. The van der Waals surface area contributed by atoms with E-state index in [9.17, 15) is 0 Å². The monoisotopic (exact) mass is 213 g/mol. The zero-order valence-electron chi connectivity index (χ0n) is 8.92. The minimum absolute atomic E-state index is 0.614. The summed E-state index contributed by atoms with van der Waals surface area (Å²) in [5.41, 5.74) is 1.90. The third-order valence-corrected chi connectivity index (χ3v) is 2.26. The molecule has 14 heavy (non-hydrogen) atoms. The van der Waals surface area contributed by atoms with Gasteiger partial charge >= 0.3 is 0 Å². The molecule has 0 aliphatic rings. The van der Waals surface area contributed by atoms with E-state index in [1.54, 1.807) is 6.20 Å². The van der Waals surface area contributed by atoms with E-state index in [1.165, 1.54) is 0 Å². The summed E-state index contributed by atoms with van der Waals surface area (Å²) in [6.07, 6.45) is 1.79. The van der Waals surface area contributed by atoms with E-state index in [0.29, 0.717) is 5.88 Å².